The monoisotopic (exact) mass is 404 g/mol. The van der Waals surface area contributed by atoms with Gasteiger partial charge in [0.15, 0.2) is 13.1 Å². The standard InChI is InChI=1S/C24H25N3O3/c1-18-8-10-19(11-9-18)25-23(28)16-27(2)17-24(29)26-20-12-14-22(15-13-20)30-21-6-4-3-5-7-21/h3-15H,16-17H2,1-2H3,(H,25,28)(H,26,29)/p+1. The molecule has 0 aromatic heterocycles. The number of rotatable bonds is 8. The van der Waals surface area contributed by atoms with Gasteiger partial charge in [0.05, 0.1) is 7.05 Å². The summed E-state index contributed by atoms with van der Waals surface area (Å²) in [5.74, 6) is 1.15. The van der Waals surface area contributed by atoms with Crippen molar-refractivity contribution in [3.05, 3.63) is 84.4 Å². The molecule has 0 radical (unpaired) electrons. The predicted octanol–water partition coefficient (Wildman–Crippen LogP) is 2.88. The number of anilines is 2. The van der Waals surface area contributed by atoms with Crippen molar-refractivity contribution < 1.29 is 19.2 Å². The Balaban J connectivity index is 1.44. The van der Waals surface area contributed by atoms with Gasteiger partial charge < -0.3 is 20.3 Å². The number of ether oxygens (including phenoxy) is 1. The highest BCUT2D eigenvalue weighted by Crippen LogP contribution is 2.22. The van der Waals surface area contributed by atoms with Gasteiger partial charge in [-0.15, -0.1) is 0 Å². The third kappa shape index (κ3) is 6.76. The summed E-state index contributed by atoms with van der Waals surface area (Å²) in [4.78, 5) is 25.2. The molecule has 154 valence electrons. The third-order valence-corrected chi connectivity index (χ3v) is 4.38. The Morgan fingerprint density at radius 1 is 0.733 bits per heavy atom. The summed E-state index contributed by atoms with van der Waals surface area (Å²) in [5, 5.41) is 5.69. The van der Waals surface area contributed by atoms with Gasteiger partial charge in [-0.05, 0) is 55.5 Å². The van der Waals surface area contributed by atoms with Crippen LogP contribution in [-0.4, -0.2) is 32.0 Å². The molecule has 1 unspecified atom stereocenters. The first-order valence-corrected chi connectivity index (χ1v) is 9.78. The molecule has 3 rings (SSSR count). The zero-order chi connectivity index (χ0) is 21.3. The van der Waals surface area contributed by atoms with E-state index in [0.29, 0.717) is 11.4 Å². The summed E-state index contributed by atoms with van der Waals surface area (Å²) in [6, 6.07) is 24.3. The topological polar surface area (TPSA) is 71.9 Å². The predicted molar refractivity (Wildman–Crippen MR) is 118 cm³/mol. The Kier molecular flexibility index (Phi) is 7.19. The zero-order valence-corrected chi connectivity index (χ0v) is 17.1. The highest BCUT2D eigenvalue weighted by Gasteiger charge is 2.14. The van der Waals surface area contributed by atoms with Crippen LogP contribution in [0.4, 0.5) is 11.4 Å². The summed E-state index contributed by atoms with van der Waals surface area (Å²) in [6.07, 6.45) is 0. The summed E-state index contributed by atoms with van der Waals surface area (Å²) >= 11 is 0. The first-order chi connectivity index (χ1) is 14.5. The molecule has 0 saturated heterocycles. The van der Waals surface area contributed by atoms with Crippen molar-refractivity contribution in [2.75, 3.05) is 30.8 Å². The van der Waals surface area contributed by atoms with Crippen LogP contribution in [-0.2, 0) is 9.59 Å². The zero-order valence-electron chi connectivity index (χ0n) is 17.1. The average Bonchev–Trinajstić information content (AvgIpc) is 2.71. The molecule has 1 atom stereocenters. The fourth-order valence-corrected chi connectivity index (χ4v) is 2.89. The van der Waals surface area contributed by atoms with Gasteiger partial charge >= 0.3 is 0 Å². The molecule has 2 amide bonds. The first kappa shape index (κ1) is 21.1. The number of likely N-dealkylation sites (N-methyl/N-ethyl adjacent to an activating group) is 1. The summed E-state index contributed by atoms with van der Waals surface area (Å²) in [6.45, 7) is 2.38. The lowest BCUT2D eigenvalue weighted by Crippen LogP contribution is -3.11. The van der Waals surface area contributed by atoms with Crippen molar-refractivity contribution >= 4 is 23.2 Å². The molecule has 0 bridgehead atoms. The first-order valence-electron chi connectivity index (χ1n) is 9.78. The quantitative estimate of drug-likeness (QED) is 0.541. The van der Waals surface area contributed by atoms with Crippen LogP contribution in [0.2, 0.25) is 0 Å². The Morgan fingerprint density at radius 2 is 1.20 bits per heavy atom. The molecule has 0 aliphatic heterocycles. The molecule has 0 heterocycles. The maximum Gasteiger partial charge on any atom is 0.279 e. The lowest BCUT2D eigenvalue weighted by molar-refractivity contribution is -0.862. The van der Waals surface area contributed by atoms with Crippen LogP contribution >= 0.6 is 0 Å². The molecule has 0 fully saturated rings. The lowest BCUT2D eigenvalue weighted by atomic mass is 10.2. The number of amides is 2. The van der Waals surface area contributed by atoms with E-state index < -0.39 is 0 Å². The summed E-state index contributed by atoms with van der Waals surface area (Å²) in [5.41, 5.74) is 2.56. The Hall–Kier alpha value is -3.64. The Bertz CT molecular complexity index is 971. The van der Waals surface area contributed by atoms with Crippen LogP contribution in [0.5, 0.6) is 11.5 Å². The Labute approximate surface area is 176 Å². The minimum Gasteiger partial charge on any atom is -0.457 e. The maximum absolute atomic E-state index is 12.3. The van der Waals surface area contributed by atoms with E-state index in [0.717, 1.165) is 21.9 Å². The van der Waals surface area contributed by atoms with E-state index in [2.05, 4.69) is 10.6 Å². The van der Waals surface area contributed by atoms with Crippen molar-refractivity contribution in [2.45, 2.75) is 6.92 Å². The van der Waals surface area contributed by atoms with E-state index in [1.807, 2.05) is 68.6 Å². The highest BCUT2D eigenvalue weighted by atomic mass is 16.5. The van der Waals surface area contributed by atoms with Crippen LogP contribution in [0.1, 0.15) is 5.56 Å². The molecule has 3 aromatic carbocycles. The van der Waals surface area contributed by atoms with Crippen LogP contribution in [0.3, 0.4) is 0 Å². The minimum absolute atomic E-state index is 0.133. The summed E-state index contributed by atoms with van der Waals surface area (Å²) in [7, 11) is 1.81. The van der Waals surface area contributed by atoms with Gasteiger partial charge in [0.1, 0.15) is 11.5 Å². The smallest absolute Gasteiger partial charge is 0.279 e. The van der Waals surface area contributed by atoms with Crippen molar-refractivity contribution in [3.8, 4) is 11.5 Å². The lowest BCUT2D eigenvalue weighted by Gasteiger charge is -2.14. The molecule has 6 heteroatoms. The fraction of sp³-hybridized carbons (Fsp3) is 0.167. The van der Waals surface area contributed by atoms with E-state index in [1.165, 1.54) is 0 Å². The molecule has 0 spiro atoms. The van der Waals surface area contributed by atoms with Gasteiger partial charge in [-0.1, -0.05) is 35.9 Å². The maximum atomic E-state index is 12.3. The van der Waals surface area contributed by atoms with Crippen molar-refractivity contribution in [1.29, 1.82) is 0 Å². The van der Waals surface area contributed by atoms with Crippen LogP contribution < -0.4 is 20.3 Å². The second-order valence-electron chi connectivity index (χ2n) is 7.21. The molecule has 3 aromatic rings. The summed E-state index contributed by atoms with van der Waals surface area (Å²) < 4.78 is 5.74. The number of nitrogens with one attached hydrogen (secondary N) is 3. The molecule has 6 nitrogen and oxygen atoms in total. The second-order valence-corrected chi connectivity index (χ2v) is 7.21. The molecular formula is C24H26N3O3+. The number of carbonyl (C=O) groups is 2. The molecule has 0 aliphatic rings. The number of aryl methyl sites for hydroxylation is 1. The molecular weight excluding hydrogens is 378 g/mol. The number of para-hydroxylation sites is 1. The SMILES string of the molecule is Cc1ccc(NC(=O)C[NH+](C)CC(=O)Nc2ccc(Oc3ccccc3)cc2)cc1. The number of quaternary nitrogens is 1. The van der Waals surface area contributed by atoms with Crippen LogP contribution in [0, 0.1) is 6.92 Å². The van der Waals surface area contributed by atoms with Crippen molar-refractivity contribution in [1.82, 2.24) is 0 Å². The normalized spacial score (nSPS) is 11.4. The van der Waals surface area contributed by atoms with Gasteiger partial charge in [0.2, 0.25) is 0 Å². The highest BCUT2D eigenvalue weighted by molar-refractivity contribution is 5.93. The number of benzene rings is 3. The van der Waals surface area contributed by atoms with Gasteiger partial charge in [0.25, 0.3) is 11.8 Å². The van der Waals surface area contributed by atoms with E-state index in [-0.39, 0.29) is 24.9 Å². The number of carbonyl (C=O) groups excluding carboxylic acids is 2. The van der Waals surface area contributed by atoms with Crippen LogP contribution in [0.15, 0.2) is 78.9 Å². The third-order valence-electron chi connectivity index (χ3n) is 4.38. The van der Waals surface area contributed by atoms with Crippen LogP contribution in [0.25, 0.3) is 0 Å². The Morgan fingerprint density at radius 3 is 1.73 bits per heavy atom. The largest absolute Gasteiger partial charge is 0.457 e. The molecule has 0 aliphatic carbocycles. The van der Waals surface area contributed by atoms with E-state index in [4.69, 9.17) is 4.74 Å². The van der Waals surface area contributed by atoms with Crippen molar-refractivity contribution in [3.63, 3.8) is 0 Å². The average molecular weight is 404 g/mol. The van der Waals surface area contributed by atoms with Gasteiger partial charge in [-0.2, -0.15) is 0 Å². The van der Waals surface area contributed by atoms with E-state index in [1.54, 1.807) is 24.3 Å². The van der Waals surface area contributed by atoms with E-state index in [9.17, 15) is 9.59 Å². The molecule has 0 saturated carbocycles. The number of hydrogen-bond donors (Lipinski definition) is 3. The van der Waals surface area contributed by atoms with E-state index >= 15 is 0 Å². The van der Waals surface area contributed by atoms with Crippen molar-refractivity contribution in [2.24, 2.45) is 0 Å². The van der Waals surface area contributed by atoms with Gasteiger partial charge in [-0.25, -0.2) is 0 Å². The number of hydrogen-bond acceptors (Lipinski definition) is 3. The minimum atomic E-state index is -0.160. The molecule has 3 N–H and O–H groups in total. The van der Waals surface area contributed by atoms with Gasteiger partial charge in [-0.3, -0.25) is 9.59 Å². The molecule has 30 heavy (non-hydrogen) atoms. The fourth-order valence-electron chi connectivity index (χ4n) is 2.89. The second kappa shape index (κ2) is 10.2. The van der Waals surface area contributed by atoms with Gasteiger partial charge in [0, 0.05) is 11.4 Å².